The Labute approximate surface area is 94.3 Å². The van der Waals surface area contributed by atoms with Crippen molar-refractivity contribution in [2.45, 2.75) is 26.7 Å². The molecular formula is C11H16N2O3. The number of phenolic OH excluding ortho intramolecular Hbond substituents is 2. The van der Waals surface area contributed by atoms with Crippen molar-refractivity contribution in [3.8, 4) is 11.5 Å². The van der Waals surface area contributed by atoms with Crippen LogP contribution in [-0.4, -0.2) is 17.3 Å². The molecule has 0 saturated heterocycles. The monoisotopic (exact) mass is 224 g/mol. The van der Waals surface area contributed by atoms with Crippen LogP contribution in [0.3, 0.4) is 0 Å². The fourth-order valence-corrected chi connectivity index (χ4v) is 1.80. The lowest BCUT2D eigenvalue weighted by Gasteiger charge is -2.17. The van der Waals surface area contributed by atoms with Gasteiger partial charge in [0.2, 0.25) is 0 Å². The van der Waals surface area contributed by atoms with Gasteiger partial charge >= 0.3 is 0 Å². The second-order valence-corrected chi connectivity index (χ2v) is 3.53. The average Bonchev–Trinajstić information content (AvgIpc) is 2.29. The first kappa shape index (κ1) is 12.3. The molecule has 16 heavy (non-hydrogen) atoms. The van der Waals surface area contributed by atoms with Crippen molar-refractivity contribution in [1.29, 1.82) is 0 Å². The summed E-state index contributed by atoms with van der Waals surface area (Å²) in [6, 6.07) is 1.36. The normalized spacial score (nSPS) is 10.2. The van der Waals surface area contributed by atoms with Gasteiger partial charge in [0.15, 0.2) is 0 Å². The fourth-order valence-electron chi connectivity index (χ4n) is 1.80. The molecule has 0 bridgehead atoms. The summed E-state index contributed by atoms with van der Waals surface area (Å²) in [5, 5.41) is 23.5. The van der Waals surface area contributed by atoms with Gasteiger partial charge in [0.05, 0.1) is 5.29 Å². The van der Waals surface area contributed by atoms with Crippen LogP contribution < -0.4 is 5.01 Å². The number of rotatable bonds is 4. The Hall–Kier alpha value is -1.78. The Kier molecular flexibility index (Phi) is 3.71. The third-order valence-electron chi connectivity index (χ3n) is 2.65. The van der Waals surface area contributed by atoms with Crippen LogP contribution in [0.15, 0.2) is 11.4 Å². The van der Waals surface area contributed by atoms with E-state index in [2.05, 4.69) is 5.29 Å². The third-order valence-corrected chi connectivity index (χ3v) is 2.65. The molecule has 1 aromatic carbocycles. The molecule has 0 spiro atoms. The zero-order valence-electron chi connectivity index (χ0n) is 9.69. The minimum absolute atomic E-state index is 0.0132. The van der Waals surface area contributed by atoms with Crippen LogP contribution in [0.5, 0.6) is 11.5 Å². The second-order valence-electron chi connectivity index (χ2n) is 3.53. The molecule has 0 aliphatic carbocycles. The van der Waals surface area contributed by atoms with E-state index in [0.29, 0.717) is 24.0 Å². The van der Waals surface area contributed by atoms with Gasteiger partial charge in [-0.25, -0.2) is 5.01 Å². The first-order valence-corrected chi connectivity index (χ1v) is 5.20. The number of nitroso groups, excluding NO2 is 1. The van der Waals surface area contributed by atoms with E-state index in [1.165, 1.54) is 13.1 Å². The van der Waals surface area contributed by atoms with Crippen LogP contribution in [0.25, 0.3) is 0 Å². The van der Waals surface area contributed by atoms with Crippen LogP contribution in [0.4, 0.5) is 5.69 Å². The van der Waals surface area contributed by atoms with Crippen LogP contribution in [-0.2, 0) is 12.8 Å². The molecule has 0 aliphatic rings. The van der Waals surface area contributed by atoms with E-state index < -0.39 is 0 Å². The van der Waals surface area contributed by atoms with E-state index in [9.17, 15) is 15.1 Å². The zero-order chi connectivity index (χ0) is 12.3. The predicted molar refractivity (Wildman–Crippen MR) is 62.7 cm³/mol. The molecule has 0 fully saturated rings. The number of phenols is 2. The SMILES string of the molecule is CCc1c(O)cc(N(C)N=O)c(O)c1CC. The number of hydrogen-bond acceptors (Lipinski definition) is 4. The maximum Gasteiger partial charge on any atom is 0.144 e. The Morgan fingerprint density at radius 3 is 2.25 bits per heavy atom. The summed E-state index contributed by atoms with van der Waals surface area (Å²) in [4.78, 5) is 10.4. The summed E-state index contributed by atoms with van der Waals surface area (Å²) >= 11 is 0. The van der Waals surface area contributed by atoms with Crippen molar-refractivity contribution in [3.63, 3.8) is 0 Å². The van der Waals surface area contributed by atoms with Crippen LogP contribution in [0, 0.1) is 4.91 Å². The van der Waals surface area contributed by atoms with Crippen LogP contribution >= 0.6 is 0 Å². The summed E-state index contributed by atoms with van der Waals surface area (Å²) in [5.74, 6) is 0.0990. The molecule has 0 heterocycles. The fraction of sp³-hybridized carbons (Fsp3) is 0.455. The van der Waals surface area contributed by atoms with Gasteiger partial charge in [-0.15, -0.1) is 4.91 Å². The summed E-state index contributed by atoms with van der Waals surface area (Å²) < 4.78 is 0. The number of anilines is 1. The molecule has 1 rings (SSSR count). The Morgan fingerprint density at radius 1 is 1.25 bits per heavy atom. The maximum absolute atomic E-state index is 10.4. The zero-order valence-corrected chi connectivity index (χ0v) is 9.69. The van der Waals surface area contributed by atoms with E-state index in [1.807, 2.05) is 13.8 Å². The average molecular weight is 224 g/mol. The number of aromatic hydroxyl groups is 2. The highest BCUT2D eigenvalue weighted by molar-refractivity contribution is 5.66. The lowest BCUT2D eigenvalue weighted by atomic mass is 9.99. The summed E-state index contributed by atoms with van der Waals surface area (Å²) in [6.45, 7) is 3.78. The van der Waals surface area contributed by atoms with Gasteiger partial charge in [0, 0.05) is 24.2 Å². The molecule has 0 atom stereocenters. The lowest BCUT2D eigenvalue weighted by molar-refractivity contribution is 0.449. The Bertz CT molecular complexity index is 405. The highest BCUT2D eigenvalue weighted by atomic mass is 16.3. The molecule has 5 heteroatoms. The van der Waals surface area contributed by atoms with Crippen LogP contribution in [0.1, 0.15) is 25.0 Å². The smallest absolute Gasteiger partial charge is 0.144 e. The molecule has 0 aliphatic heterocycles. The van der Waals surface area contributed by atoms with Crippen molar-refractivity contribution in [1.82, 2.24) is 0 Å². The molecule has 1 aromatic rings. The van der Waals surface area contributed by atoms with Crippen molar-refractivity contribution in [2.24, 2.45) is 5.29 Å². The Morgan fingerprint density at radius 2 is 1.81 bits per heavy atom. The number of hydrogen-bond donors (Lipinski definition) is 2. The highest BCUT2D eigenvalue weighted by Crippen LogP contribution is 2.39. The van der Waals surface area contributed by atoms with Crippen molar-refractivity contribution >= 4 is 5.69 Å². The largest absolute Gasteiger partial charge is 0.508 e. The van der Waals surface area contributed by atoms with Crippen LogP contribution in [0.2, 0.25) is 0 Å². The molecule has 0 amide bonds. The van der Waals surface area contributed by atoms with E-state index in [4.69, 9.17) is 0 Å². The molecular weight excluding hydrogens is 208 g/mol. The van der Waals surface area contributed by atoms with Gasteiger partial charge in [0.25, 0.3) is 0 Å². The molecule has 0 radical (unpaired) electrons. The molecule has 0 unspecified atom stereocenters. The van der Waals surface area contributed by atoms with E-state index >= 15 is 0 Å². The molecule has 88 valence electrons. The van der Waals surface area contributed by atoms with Gasteiger partial charge in [-0.3, -0.25) is 0 Å². The second kappa shape index (κ2) is 4.83. The number of benzene rings is 1. The van der Waals surface area contributed by atoms with Gasteiger partial charge < -0.3 is 10.2 Å². The quantitative estimate of drug-likeness (QED) is 0.467. The first-order valence-electron chi connectivity index (χ1n) is 5.20. The summed E-state index contributed by atoms with van der Waals surface area (Å²) in [5.41, 5.74) is 1.59. The predicted octanol–water partition coefficient (Wildman–Crippen LogP) is 2.34. The van der Waals surface area contributed by atoms with Gasteiger partial charge in [-0.05, 0) is 12.8 Å². The van der Waals surface area contributed by atoms with E-state index in [-0.39, 0.29) is 17.2 Å². The first-order chi connectivity index (χ1) is 7.56. The number of nitrogens with zero attached hydrogens (tertiary/aromatic N) is 2. The summed E-state index contributed by atoms with van der Waals surface area (Å²) in [7, 11) is 1.42. The maximum atomic E-state index is 10.4. The molecule has 0 aromatic heterocycles. The van der Waals surface area contributed by atoms with Gasteiger partial charge in [-0.2, -0.15) is 0 Å². The molecule has 0 saturated carbocycles. The minimum Gasteiger partial charge on any atom is -0.508 e. The topological polar surface area (TPSA) is 73.1 Å². The van der Waals surface area contributed by atoms with Crippen molar-refractivity contribution < 1.29 is 10.2 Å². The Balaban J connectivity index is 3.45. The van der Waals surface area contributed by atoms with Gasteiger partial charge in [-0.1, -0.05) is 13.8 Å². The minimum atomic E-state index is 0.0132. The lowest BCUT2D eigenvalue weighted by Crippen LogP contribution is -2.08. The standard InChI is InChI=1S/C11H16N2O3/c1-4-7-8(5-2)11(15)9(6-10(7)14)13(3)12-16/h6,14-15H,4-5H2,1-3H3. The third kappa shape index (κ3) is 1.93. The highest BCUT2D eigenvalue weighted by Gasteiger charge is 2.17. The summed E-state index contributed by atoms with van der Waals surface area (Å²) in [6.07, 6.45) is 1.21. The molecule has 5 nitrogen and oxygen atoms in total. The van der Waals surface area contributed by atoms with Crippen molar-refractivity contribution in [3.05, 3.63) is 22.1 Å². The van der Waals surface area contributed by atoms with E-state index in [0.717, 1.165) is 5.01 Å². The van der Waals surface area contributed by atoms with E-state index in [1.54, 1.807) is 0 Å². The van der Waals surface area contributed by atoms with Crippen molar-refractivity contribution in [2.75, 3.05) is 12.1 Å². The molecule has 2 N–H and O–H groups in total. The van der Waals surface area contributed by atoms with Gasteiger partial charge in [0.1, 0.15) is 17.2 Å².